The molecule has 58 valence electrons. The molecule has 1 saturated heterocycles. The van der Waals surface area contributed by atoms with Crippen molar-refractivity contribution in [3.8, 4) is 0 Å². The Morgan fingerprint density at radius 1 is 1.50 bits per heavy atom. The van der Waals surface area contributed by atoms with Crippen molar-refractivity contribution in [2.75, 3.05) is 13.1 Å². The summed E-state index contributed by atoms with van der Waals surface area (Å²) in [5.74, 6) is -0.123. The predicted molar refractivity (Wildman–Crippen MR) is 37.2 cm³/mol. The minimum atomic E-state index is -0.123. The summed E-state index contributed by atoms with van der Waals surface area (Å²) in [7, 11) is 0. The molecule has 1 aliphatic heterocycles. The van der Waals surface area contributed by atoms with E-state index in [-0.39, 0.29) is 5.97 Å². The molecule has 0 spiro atoms. The van der Waals surface area contributed by atoms with Crippen molar-refractivity contribution in [1.29, 1.82) is 0 Å². The molecule has 0 aromatic rings. The van der Waals surface area contributed by atoms with Crippen LogP contribution in [0.25, 0.3) is 0 Å². The molecule has 0 saturated carbocycles. The van der Waals surface area contributed by atoms with E-state index in [2.05, 4.69) is 0 Å². The highest BCUT2D eigenvalue weighted by atomic mass is 16.7. The van der Waals surface area contributed by atoms with Crippen LogP contribution in [-0.2, 0) is 9.63 Å². The number of carbonyl (C=O) groups is 1. The topological polar surface area (TPSA) is 29.5 Å². The summed E-state index contributed by atoms with van der Waals surface area (Å²) >= 11 is 0. The van der Waals surface area contributed by atoms with Crippen molar-refractivity contribution in [2.45, 2.75) is 26.2 Å². The molecule has 0 aromatic heterocycles. The lowest BCUT2D eigenvalue weighted by atomic mass is 10.4. The third kappa shape index (κ3) is 1.99. The second kappa shape index (κ2) is 3.56. The molecule has 3 heteroatoms. The van der Waals surface area contributed by atoms with Crippen molar-refractivity contribution >= 4 is 5.97 Å². The van der Waals surface area contributed by atoms with Crippen LogP contribution in [0, 0.1) is 0 Å². The minimum absolute atomic E-state index is 0.123. The van der Waals surface area contributed by atoms with Gasteiger partial charge in [0.2, 0.25) is 0 Å². The zero-order valence-corrected chi connectivity index (χ0v) is 6.30. The van der Waals surface area contributed by atoms with Crippen LogP contribution in [0.5, 0.6) is 0 Å². The summed E-state index contributed by atoms with van der Waals surface area (Å²) in [5, 5.41) is 1.74. The molecule has 0 atom stereocenters. The molecule has 0 radical (unpaired) electrons. The van der Waals surface area contributed by atoms with E-state index in [9.17, 15) is 4.79 Å². The third-order valence-electron chi connectivity index (χ3n) is 1.58. The number of hydrogen-bond acceptors (Lipinski definition) is 3. The van der Waals surface area contributed by atoms with Gasteiger partial charge in [0, 0.05) is 19.5 Å². The van der Waals surface area contributed by atoms with E-state index >= 15 is 0 Å². The Bertz CT molecular complexity index is 119. The second-order valence-corrected chi connectivity index (χ2v) is 2.45. The molecule has 10 heavy (non-hydrogen) atoms. The average molecular weight is 143 g/mol. The van der Waals surface area contributed by atoms with Crippen molar-refractivity contribution < 1.29 is 9.63 Å². The first-order valence-corrected chi connectivity index (χ1v) is 3.78. The Morgan fingerprint density at radius 2 is 2.10 bits per heavy atom. The predicted octanol–water partition coefficient (Wildman–Crippen LogP) is 0.950. The molecule has 1 heterocycles. The van der Waals surface area contributed by atoms with Crippen LogP contribution in [0.3, 0.4) is 0 Å². The van der Waals surface area contributed by atoms with E-state index in [4.69, 9.17) is 4.84 Å². The normalized spacial score (nSPS) is 19.3. The molecule has 0 aliphatic carbocycles. The van der Waals surface area contributed by atoms with Crippen molar-refractivity contribution in [1.82, 2.24) is 5.06 Å². The van der Waals surface area contributed by atoms with Gasteiger partial charge >= 0.3 is 5.97 Å². The fourth-order valence-corrected chi connectivity index (χ4v) is 0.988. The van der Waals surface area contributed by atoms with Gasteiger partial charge in [0.25, 0.3) is 0 Å². The number of hydroxylamine groups is 2. The fraction of sp³-hybridized carbons (Fsp3) is 0.857. The van der Waals surface area contributed by atoms with Gasteiger partial charge < -0.3 is 4.84 Å². The summed E-state index contributed by atoms with van der Waals surface area (Å²) in [6.45, 7) is 3.62. The van der Waals surface area contributed by atoms with Gasteiger partial charge in [-0.25, -0.2) is 0 Å². The van der Waals surface area contributed by atoms with Crippen LogP contribution in [0.15, 0.2) is 0 Å². The Labute approximate surface area is 60.9 Å². The number of nitrogens with zero attached hydrogens (tertiary/aromatic N) is 1. The number of carbonyl (C=O) groups excluding carboxylic acids is 1. The fourth-order valence-electron chi connectivity index (χ4n) is 0.988. The van der Waals surface area contributed by atoms with Gasteiger partial charge in [-0.2, -0.15) is 0 Å². The molecule has 1 aliphatic rings. The number of rotatable bonds is 2. The third-order valence-corrected chi connectivity index (χ3v) is 1.58. The van der Waals surface area contributed by atoms with Crippen LogP contribution in [0.4, 0.5) is 0 Å². The molecule has 0 bridgehead atoms. The van der Waals surface area contributed by atoms with Gasteiger partial charge in [-0.05, 0) is 12.8 Å². The molecule has 3 nitrogen and oxygen atoms in total. The van der Waals surface area contributed by atoms with E-state index in [1.54, 1.807) is 12.0 Å². The van der Waals surface area contributed by atoms with Gasteiger partial charge in [-0.15, -0.1) is 5.06 Å². The highest BCUT2D eigenvalue weighted by Crippen LogP contribution is 2.07. The van der Waals surface area contributed by atoms with E-state index in [1.165, 1.54) is 0 Å². The number of hydrogen-bond donors (Lipinski definition) is 0. The van der Waals surface area contributed by atoms with Gasteiger partial charge in [-0.1, -0.05) is 6.92 Å². The first-order valence-electron chi connectivity index (χ1n) is 3.78. The quantitative estimate of drug-likeness (QED) is 0.576. The van der Waals surface area contributed by atoms with Crippen LogP contribution in [0.2, 0.25) is 0 Å². The summed E-state index contributed by atoms with van der Waals surface area (Å²) in [6, 6.07) is 0. The molecule has 1 rings (SSSR count). The Balaban J connectivity index is 2.17. The first kappa shape index (κ1) is 7.54. The smallest absolute Gasteiger partial charge is 0.324 e. The van der Waals surface area contributed by atoms with E-state index in [1.807, 2.05) is 0 Å². The molecular weight excluding hydrogens is 130 g/mol. The Hall–Kier alpha value is -0.570. The SMILES string of the molecule is CCC(=O)ON1CCCC1. The summed E-state index contributed by atoms with van der Waals surface area (Å²) in [6.07, 6.45) is 2.77. The van der Waals surface area contributed by atoms with Crippen LogP contribution in [0.1, 0.15) is 26.2 Å². The van der Waals surface area contributed by atoms with Crippen LogP contribution in [-0.4, -0.2) is 24.1 Å². The maximum atomic E-state index is 10.7. The summed E-state index contributed by atoms with van der Waals surface area (Å²) in [4.78, 5) is 15.7. The highest BCUT2D eigenvalue weighted by molar-refractivity contribution is 5.68. The Morgan fingerprint density at radius 3 is 2.60 bits per heavy atom. The lowest BCUT2D eigenvalue weighted by Gasteiger charge is -2.12. The largest absolute Gasteiger partial charge is 0.368 e. The maximum absolute atomic E-state index is 10.7. The Kier molecular flexibility index (Phi) is 2.68. The molecule has 0 amide bonds. The van der Waals surface area contributed by atoms with Gasteiger partial charge in [0.05, 0.1) is 0 Å². The van der Waals surface area contributed by atoms with Gasteiger partial charge in [-0.3, -0.25) is 4.79 Å². The van der Waals surface area contributed by atoms with Gasteiger partial charge in [0.1, 0.15) is 0 Å². The van der Waals surface area contributed by atoms with Crippen molar-refractivity contribution in [3.63, 3.8) is 0 Å². The highest BCUT2D eigenvalue weighted by Gasteiger charge is 2.14. The molecular formula is C7H13NO2. The lowest BCUT2D eigenvalue weighted by Crippen LogP contribution is -2.23. The zero-order valence-electron chi connectivity index (χ0n) is 6.30. The monoisotopic (exact) mass is 143 g/mol. The van der Waals surface area contributed by atoms with E-state index < -0.39 is 0 Å². The summed E-state index contributed by atoms with van der Waals surface area (Å²) < 4.78 is 0. The first-order chi connectivity index (χ1) is 4.83. The molecule has 0 unspecified atom stereocenters. The molecule has 1 fully saturated rings. The minimum Gasteiger partial charge on any atom is -0.368 e. The van der Waals surface area contributed by atoms with E-state index in [0.717, 1.165) is 25.9 Å². The van der Waals surface area contributed by atoms with Crippen LogP contribution >= 0.6 is 0 Å². The standard InChI is InChI=1S/C7H13NO2/c1-2-7(9)10-8-5-3-4-6-8/h2-6H2,1H3. The van der Waals surface area contributed by atoms with Crippen LogP contribution < -0.4 is 0 Å². The second-order valence-electron chi connectivity index (χ2n) is 2.45. The van der Waals surface area contributed by atoms with E-state index in [0.29, 0.717) is 6.42 Å². The zero-order chi connectivity index (χ0) is 7.40. The average Bonchev–Trinajstić information content (AvgIpc) is 2.40. The van der Waals surface area contributed by atoms with Crippen molar-refractivity contribution in [3.05, 3.63) is 0 Å². The van der Waals surface area contributed by atoms with Crippen molar-refractivity contribution in [2.24, 2.45) is 0 Å². The van der Waals surface area contributed by atoms with Gasteiger partial charge in [0.15, 0.2) is 0 Å². The lowest BCUT2D eigenvalue weighted by molar-refractivity contribution is -0.184. The molecule has 0 N–H and O–H groups in total. The summed E-state index contributed by atoms with van der Waals surface area (Å²) in [5.41, 5.74) is 0. The molecule has 0 aromatic carbocycles. The maximum Gasteiger partial charge on any atom is 0.324 e.